The van der Waals surface area contributed by atoms with Crippen LogP contribution in [0.1, 0.15) is 25.0 Å². The molecule has 0 saturated heterocycles. The maximum Gasteiger partial charge on any atom is 0.138 e. The van der Waals surface area contributed by atoms with Crippen LogP contribution in [0, 0.1) is 11.3 Å². The predicted molar refractivity (Wildman–Crippen MR) is 115 cm³/mol. The zero-order valence-electron chi connectivity index (χ0n) is 16.5. The maximum atomic E-state index is 10.3. The van der Waals surface area contributed by atoms with Crippen molar-refractivity contribution in [1.82, 2.24) is 10.3 Å². The van der Waals surface area contributed by atoms with Gasteiger partial charge in [-0.05, 0) is 50.1 Å². The number of rotatable bonds is 8. The van der Waals surface area contributed by atoms with Gasteiger partial charge in [-0.2, -0.15) is 5.26 Å². The second-order valence-electron chi connectivity index (χ2n) is 7.67. The Hall–Kier alpha value is -2.65. The topological polar surface area (TPSA) is 78.2 Å². The Bertz CT molecular complexity index is 1030. The van der Waals surface area contributed by atoms with Crippen LogP contribution in [0.4, 0.5) is 0 Å². The van der Waals surface area contributed by atoms with Crippen LogP contribution in [0.2, 0.25) is 5.02 Å². The first-order valence-electron chi connectivity index (χ1n) is 9.46. The monoisotopic (exact) mass is 409 g/mol. The number of nitrogens with zero attached hydrogens (tertiary/aromatic N) is 2. The van der Waals surface area contributed by atoms with E-state index in [0.717, 1.165) is 22.9 Å². The van der Waals surface area contributed by atoms with Gasteiger partial charge in [-0.1, -0.05) is 35.9 Å². The lowest BCUT2D eigenvalue weighted by atomic mass is 9.95. The first-order chi connectivity index (χ1) is 13.9. The molecule has 1 atom stereocenters. The smallest absolute Gasteiger partial charge is 0.138 e. The third-order valence-corrected chi connectivity index (χ3v) is 4.94. The van der Waals surface area contributed by atoms with Crippen LogP contribution in [0.5, 0.6) is 5.75 Å². The molecule has 2 aromatic carbocycles. The fourth-order valence-electron chi connectivity index (χ4n) is 3.16. The van der Waals surface area contributed by atoms with Crippen molar-refractivity contribution in [2.75, 3.05) is 13.2 Å². The van der Waals surface area contributed by atoms with Crippen LogP contribution < -0.4 is 10.1 Å². The lowest BCUT2D eigenvalue weighted by Gasteiger charge is -2.28. The highest BCUT2D eigenvalue weighted by Crippen LogP contribution is 2.25. The summed E-state index contributed by atoms with van der Waals surface area (Å²) in [6, 6.07) is 17.2. The number of aliphatic hydroxyl groups excluding tert-OH is 1. The Labute approximate surface area is 175 Å². The molecule has 0 saturated carbocycles. The van der Waals surface area contributed by atoms with Gasteiger partial charge in [-0.25, -0.2) is 0 Å². The minimum Gasteiger partial charge on any atom is -0.489 e. The molecule has 1 heterocycles. The van der Waals surface area contributed by atoms with E-state index in [2.05, 4.69) is 36.3 Å². The number of β-amino-alcohol motifs (C(OH)–C–C–N with tert-alkyl or cyclic N) is 1. The van der Waals surface area contributed by atoms with E-state index in [9.17, 15) is 10.4 Å². The highest BCUT2D eigenvalue weighted by Gasteiger charge is 2.20. The molecule has 0 aliphatic rings. The summed E-state index contributed by atoms with van der Waals surface area (Å²) in [7, 11) is 0. The molecule has 6 heteroatoms. The van der Waals surface area contributed by atoms with Gasteiger partial charge in [-0.15, -0.1) is 0 Å². The molecule has 0 bridgehead atoms. The molecule has 29 heavy (non-hydrogen) atoms. The Morgan fingerprint density at radius 2 is 2.03 bits per heavy atom. The van der Waals surface area contributed by atoms with Gasteiger partial charge in [-0.3, -0.25) is 4.98 Å². The lowest BCUT2D eigenvalue weighted by Crippen LogP contribution is -2.46. The number of para-hydroxylation sites is 1. The molecule has 3 rings (SSSR count). The van der Waals surface area contributed by atoms with Gasteiger partial charge in [0.1, 0.15) is 30.1 Å². The van der Waals surface area contributed by atoms with Crippen molar-refractivity contribution >= 4 is 22.5 Å². The predicted octanol–water partition coefficient (Wildman–Crippen LogP) is 4.11. The molecule has 0 fully saturated rings. The van der Waals surface area contributed by atoms with E-state index in [0.29, 0.717) is 17.3 Å². The van der Waals surface area contributed by atoms with Gasteiger partial charge in [0, 0.05) is 23.7 Å². The van der Waals surface area contributed by atoms with E-state index in [1.807, 2.05) is 30.5 Å². The zero-order valence-corrected chi connectivity index (χ0v) is 17.3. The van der Waals surface area contributed by atoms with Gasteiger partial charge in [0.15, 0.2) is 0 Å². The number of halogens is 1. The van der Waals surface area contributed by atoms with Gasteiger partial charge < -0.3 is 15.2 Å². The van der Waals surface area contributed by atoms with Crippen LogP contribution in [-0.4, -0.2) is 34.9 Å². The van der Waals surface area contributed by atoms with Crippen LogP contribution >= 0.6 is 11.6 Å². The number of hydrogen-bond donors (Lipinski definition) is 2. The van der Waals surface area contributed by atoms with Crippen molar-refractivity contribution in [2.45, 2.75) is 31.9 Å². The summed E-state index contributed by atoms with van der Waals surface area (Å²) in [4.78, 5) is 4.51. The van der Waals surface area contributed by atoms with E-state index in [-0.39, 0.29) is 17.7 Å². The molecule has 2 N–H and O–H groups in total. The summed E-state index contributed by atoms with van der Waals surface area (Å²) < 4.78 is 5.60. The largest absolute Gasteiger partial charge is 0.489 e. The molecule has 0 radical (unpaired) electrons. The summed E-state index contributed by atoms with van der Waals surface area (Å²) in [5.74, 6) is 0.376. The highest BCUT2D eigenvalue weighted by atomic mass is 35.5. The number of nitriles is 1. The number of benzene rings is 2. The van der Waals surface area contributed by atoms with Crippen molar-refractivity contribution in [2.24, 2.45) is 0 Å². The van der Waals surface area contributed by atoms with Crippen LogP contribution in [0.15, 0.2) is 54.7 Å². The van der Waals surface area contributed by atoms with E-state index < -0.39 is 6.10 Å². The van der Waals surface area contributed by atoms with Crippen molar-refractivity contribution in [1.29, 1.82) is 5.26 Å². The van der Waals surface area contributed by atoms with Gasteiger partial charge >= 0.3 is 0 Å². The van der Waals surface area contributed by atoms with Crippen LogP contribution in [0.25, 0.3) is 10.9 Å². The van der Waals surface area contributed by atoms with E-state index in [1.165, 1.54) is 0 Å². The average molecular weight is 410 g/mol. The molecule has 0 amide bonds. The number of pyridine rings is 1. The van der Waals surface area contributed by atoms with Crippen molar-refractivity contribution in [3.8, 4) is 11.8 Å². The molecular weight excluding hydrogens is 386 g/mol. The van der Waals surface area contributed by atoms with Gasteiger partial charge in [0.25, 0.3) is 0 Å². The van der Waals surface area contributed by atoms with Crippen molar-refractivity contribution in [3.63, 3.8) is 0 Å². The first-order valence-corrected chi connectivity index (χ1v) is 9.84. The minimum atomic E-state index is -0.727. The van der Waals surface area contributed by atoms with Crippen molar-refractivity contribution in [3.05, 3.63) is 70.9 Å². The summed E-state index contributed by atoms with van der Waals surface area (Å²) in [6.45, 7) is 4.59. The summed E-state index contributed by atoms with van der Waals surface area (Å²) >= 11 is 6.00. The summed E-state index contributed by atoms with van der Waals surface area (Å²) in [5, 5.41) is 24.3. The Morgan fingerprint density at radius 3 is 2.83 bits per heavy atom. The fourth-order valence-corrected chi connectivity index (χ4v) is 3.37. The quantitative estimate of drug-likeness (QED) is 0.585. The molecular formula is C23H24ClN3O2. The number of ether oxygens (including phenoxy) is 1. The SMILES string of the molecule is CC(C)(Cc1cnc2ccccc2c1)NCC(O)COc1cccc(Cl)c1C#N. The normalized spacial score (nSPS) is 12.5. The number of hydrogen-bond acceptors (Lipinski definition) is 5. The number of aromatic nitrogens is 1. The standard InChI is InChI=1S/C23H24ClN3O2/c1-23(2,11-16-10-17-6-3-4-8-21(17)26-13-16)27-14-18(28)15-29-22-9-5-7-20(24)19(22)12-25/h3-10,13,18,27-28H,11,14-15H2,1-2H3. The van der Waals surface area contributed by atoms with E-state index in [4.69, 9.17) is 16.3 Å². The highest BCUT2D eigenvalue weighted by molar-refractivity contribution is 6.31. The van der Waals surface area contributed by atoms with Gasteiger partial charge in [0.2, 0.25) is 0 Å². The number of fused-ring (bicyclic) bond motifs is 1. The fraction of sp³-hybridized carbons (Fsp3) is 0.304. The second kappa shape index (κ2) is 9.23. The molecule has 0 spiro atoms. The maximum absolute atomic E-state index is 10.3. The first kappa shape index (κ1) is 21.1. The lowest BCUT2D eigenvalue weighted by molar-refractivity contribution is 0.0987. The molecule has 150 valence electrons. The van der Waals surface area contributed by atoms with E-state index >= 15 is 0 Å². The van der Waals surface area contributed by atoms with Crippen molar-refractivity contribution < 1.29 is 9.84 Å². The zero-order chi connectivity index (χ0) is 20.9. The third kappa shape index (κ3) is 5.68. The van der Waals surface area contributed by atoms with Crippen LogP contribution in [0.3, 0.4) is 0 Å². The van der Waals surface area contributed by atoms with E-state index in [1.54, 1.807) is 18.2 Å². The minimum absolute atomic E-state index is 0.0651. The molecule has 1 aromatic heterocycles. The Kier molecular flexibility index (Phi) is 6.71. The molecule has 0 aliphatic heterocycles. The summed E-state index contributed by atoms with van der Waals surface area (Å²) in [5.41, 5.74) is 2.15. The molecule has 3 aromatic rings. The average Bonchev–Trinajstić information content (AvgIpc) is 2.70. The molecule has 5 nitrogen and oxygen atoms in total. The summed E-state index contributed by atoms with van der Waals surface area (Å²) in [6.07, 6.45) is 1.94. The molecule has 1 unspecified atom stereocenters. The second-order valence-corrected chi connectivity index (χ2v) is 8.07. The number of nitrogens with one attached hydrogen (secondary N) is 1. The van der Waals surface area contributed by atoms with Gasteiger partial charge in [0.05, 0.1) is 10.5 Å². The Balaban J connectivity index is 1.54. The molecule has 0 aliphatic carbocycles. The Morgan fingerprint density at radius 1 is 1.24 bits per heavy atom. The van der Waals surface area contributed by atoms with Crippen LogP contribution in [-0.2, 0) is 6.42 Å². The number of aliphatic hydroxyl groups is 1. The third-order valence-electron chi connectivity index (χ3n) is 4.63.